The summed E-state index contributed by atoms with van der Waals surface area (Å²) in [6, 6.07) is 16.9. The number of nitrogens with zero attached hydrogens (tertiary/aromatic N) is 2. The molecule has 32 heavy (non-hydrogen) atoms. The Bertz CT molecular complexity index is 842. The topological polar surface area (TPSA) is 69.1 Å². The van der Waals surface area contributed by atoms with Gasteiger partial charge >= 0.3 is 0 Å². The van der Waals surface area contributed by atoms with E-state index in [0.717, 1.165) is 57.2 Å². The number of hydrogen-bond donors (Lipinski definition) is 3. The van der Waals surface area contributed by atoms with E-state index in [2.05, 4.69) is 58.9 Å². The zero-order valence-electron chi connectivity index (χ0n) is 18.8. The summed E-state index contributed by atoms with van der Waals surface area (Å²) < 4.78 is 6.02. The number of aliphatic hydroxyl groups excluding tert-OH is 1. The van der Waals surface area contributed by atoms with Crippen LogP contribution >= 0.6 is 24.0 Å². The third-order valence-corrected chi connectivity index (χ3v) is 6.15. The number of piperidine rings is 1. The van der Waals surface area contributed by atoms with Crippen molar-refractivity contribution < 1.29 is 9.84 Å². The van der Waals surface area contributed by atoms with Crippen molar-refractivity contribution in [3.8, 4) is 5.75 Å². The Kier molecular flexibility index (Phi) is 9.47. The largest absolute Gasteiger partial charge is 0.488 e. The van der Waals surface area contributed by atoms with Crippen molar-refractivity contribution in [1.82, 2.24) is 10.6 Å². The van der Waals surface area contributed by atoms with Crippen molar-refractivity contribution in [3.63, 3.8) is 0 Å². The van der Waals surface area contributed by atoms with Crippen molar-refractivity contribution in [2.75, 3.05) is 37.7 Å². The molecule has 0 spiro atoms. The predicted molar refractivity (Wildman–Crippen MR) is 141 cm³/mol. The minimum atomic E-state index is 0. The molecule has 3 N–H and O–H groups in total. The second kappa shape index (κ2) is 12.3. The van der Waals surface area contributed by atoms with E-state index in [4.69, 9.17) is 9.73 Å². The van der Waals surface area contributed by atoms with Crippen LogP contribution in [0.2, 0.25) is 0 Å². The van der Waals surface area contributed by atoms with Crippen LogP contribution in [0.5, 0.6) is 5.75 Å². The Morgan fingerprint density at radius 2 is 1.84 bits per heavy atom. The van der Waals surface area contributed by atoms with Crippen molar-refractivity contribution in [1.29, 1.82) is 0 Å². The molecule has 0 aliphatic carbocycles. The highest BCUT2D eigenvalue weighted by Crippen LogP contribution is 2.27. The quantitative estimate of drug-likeness (QED) is 0.280. The summed E-state index contributed by atoms with van der Waals surface area (Å²) in [6.07, 6.45) is 3.20. The van der Waals surface area contributed by atoms with Gasteiger partial charge in [0.05, 0.1) is 13.1 Å². The van der Waals surface area contributed by atoms with Crippen LogP contribution in [-0.2, 0) is 13.0 Å². The summed E-state index contributed by atoms with van der Waals surface area (Å²) in [5.41, 5.74) is 3.72. The molecule has 2 aliphatic rings. The second-order valence-corrected chi connectivity index (χ2v) is 8.41. The molecule has 0 amide bonds. The van der Waals surface area contributed by atoms with E-state index in [9.17, 15) is 5.11 Å². The summed E-state index contributed by atoms with van der Waals surface area (Å²) >= 11 is 0. The van der Waals surface area contributed by atoms with Crippen LogP contribution in [0.1, 0.15) is 30.9 Å². The minimum absolute atomic E-state index is 0. The first-order valence-electron chi connectivity index (χ1n) is 11.5. The molecule has 0 bridgehead atoms. The summed E-state index contributed by atoms with van der Waals surface area (Å²) in [5.74, 6) is 2.28. The normalized spacial score (nSPS) is 18.5. The third-order valence-electron chi connectivity index (χ3n) is 6.15. The SMILES string of the molecule is CCNC(=NCc1ccc(N2CCC(CO)CC2)cc1)NCC1Cc2ccccc2O1.I. The zero-order chi connectivity index (χ0) is 21.5. The van der Waals surface area contributed by atoms with Crippen LogP contribution < -0.4 is 20.3 Å². The third kappa shape index (κ3) is 6.51. The number of hydrogen-bond acceptors (Lipinski definition) is 4. The molecule has 7 heteroatoms. The highest BCUT2D eigenvalue weighted by Gasteiger charge is 2.22. The van der Waals surface area contributed by atoms with Gasteiger partial charge in [0.2, 0.25) is 0 Å². The molecule has 0 aromatic heterocycles. The molecule has 2 aromatic carbocycles. The number of anilines is 1. The lowest BCUT2D eigenvalue weighted by Crippen LogP contribution is -2.42. The van der Waals surface area contributed by atoms with Crippen LogP contribution in [0, 0.1) is 5.92 Å². The maximum atomic E-state index is 9.32. The van der Waals surface area contributed by atoms with Gasteiger partial charge in [-0.3, -0.25) is 0 Å². The molecule has 1 fully saturated rings. The first-order chi connectivity index (χ1) is 15.2. The van der Waals surface area contributed by atoms with E-state index >= 15 is 0 Å². The maximum Gasteiger partial charge on any atom is 0.191 e. The summed E-state index contributed by atoms with van der Waals surface area (Å²) in [6.45, 7) is 6.60. The highest BCUT2D eigenvalue weighted by molar-refractivity contribution is 14.0. The molecule has 1 unspecified atom stereocenters. The predicted octanol–water partition coefficient (Wildman–Crippen LogP) is 3.57. The summed E-state index contributed by atoms with van der Waals surface area (Å²) in [4.78, 5) is 7.16. The van der Waals surface area contributed by atoms with Crippen LogP contribution in [-0.4, -0.2) is 50.0 Å². The molecule has 0 radical (unpaired) electrons. The molecule has 2 aromatic rings. The molecule has 0 saturated carbocycles. The molecule has 2 aliphatic heterocycles. The lowest BCUT2D eigenvalue weighted by Gasteiger charge is -2.32. The van der Waals surface area contributed by atoms with Gasteiger partial charge in [0, 0.05) is 38.3 Å². The van der Waals surface area contributed by atoms with Crippen molar-refractivity contribution in [2.45, 2.75) is 38.8 Å². The number of para-hydroxylation sites is 1. The summed E-state index contributed by atoms with van der Waals surface area (Å²) in [5, 5.41) is 16.1. The number of nitrogens with one attached hydrogen (secondary N) is 2. The van der Waals surface area contributed by atoms with Gasteiger partial charge in [-0.05, 0) is 55.0 Å². The van der Waals surface area contributed by atoms with Gasteiger partial charge < -0.3 is 25.4 Å². The van der Waals surface area contributed by atoms with Crippen molar-refractivity contribution >= 4 is 35.6 Å². The van der Waals surface area contributed by atoms with E-state index in [-0.39, 0.29) is 30.1 Å². The number of ether oxygens (including phenoxy) is 1. The van der Waals surface area contributed by atoms with Crippen molar-refractivity contribution in [2.24, 2.45) is 10.9 Å². The van der Waals surface area contributed by atoms with Gasteiger partial charge in [-0.15, -0.1) is 24.0 Å². The van der Waals surface area contributed by atoms with Crippen LogP contribution in [0.25, 0.3) is 0 Å². The van der Waals surface area contributed by atoms with Crippen LogP contribution in [0.15, 0.2) is 53.5 Å². The summed E-state index contributed by atoms with van der Waals surface area (Å²) in [7, 11) is 0. The Morgan fingerprint density at radius 3 is 2.53 bits per heavy atom. The highest BCUT2D eigenvalue weighted by atomic mass is 127. The molecule has 174 valence electrons. The average molecular weight is 550 g/mol. The smallest absolute Gasteiger partial charge is 0.191 e. The maximum absolute atomic E-state index is 9.32. The fourth-order valence-electron chi connectivity index (χ4n) is 4.28. The monoisotopic (exact) mass is 550 g/mol. The number of halogens is 1. The fourth-order valence-corrected chi connectivity index (χ4v) is 4.28. The number of guanidine groups is 1. The van der Waals surface area contributed by atoms with Gasteiger partial charge in [-0.25, -0.2) is 4.99 Å². The van der Waals surface area contributed by atoms with E-state index in [1.165, 1.54) is 16.8 Å². The van der Waals surface area contributed by atoms with Gasteiger partial charge in [-0.1, -0.05) is 30.3 Å². The minimum Gasteiger partial charge on any atom is -0.488 e. The first kappa shape index (κ1) is 24.6. The van der Waals surface area contributed by atoms with Gasteiger partial charge in [-0.2, -0.15) is 0 Å². The molecule has 6 nitrogen and oxygen atoms in total. The van der Waals surface area contributed by atoms with Crippen molar-refractivity contribution in [3.05, 3.63) is 59.7 Å². The van der Waals surface area contributed by atoms with Gasteiger partial charge in [0.15, 0.2) is 5.96 Å². The van der Waals surface area contributed by atoms with Crippen LogP contribution in [0.3, 0.4) is 0 Å². The van der Waals surface area contributed by atoms with Gasteiger partial charge in [0.1, 0.15) is 11.9 Å². The molecular weight excluding hydrogens is 515 g/mol. The molecular formula is C25H35IN4O2. The first-order valence-corrected chi connectivity index (χ1v) is 11.5. The fraction of sp³-hybridized carbons (Fsp3) is 0.480. The molecule has 4 rings (SSSR count). The van der Waals surface area contributed by atoms with E-state index in [0.29, 0.717) is 19.1 Å². The number of rotatable bonds is 7. The van der Waals surface area contributed by atoms with E-state index in [1.807, 2.05) is 12.1 Å². The average Bonchev–Trinajstić information content (AvgIpc) is 3.24. The Morgan fingerprint density at radius 1 is 1.09 bits per heavy atom. The van der Waals surface area contributed by atoms with Crippen LogP contribution in [0.4, 0.5) is 5.69 Å². The lowest BCUT2D eigenvalue weighted by molar-refractivity contribution is 0.203. The standard InChI is InChI=1S/C25H34N4O2.HI/c1-2-26-25(28-17-23-15-21-5-3-4-6-24(21)31-23)27-16-19-7-9-22(10-8-19)29-13-11-20(18-30)12-14-29;/h3-10,20,23,30H,2,11-18H2,1H3,(H2,26,27,28);1H. The second-order valence-electron chi connectivity index (χ2n) is 8.41. The lowest BCUT2D eigenvalue weighted by atomic mass is 9.97. The number of aliphatic imine (C=N–C) groups is 1. The molecule has 1 saturated heterocycles. The Balaban J connectivity index is 0.00000289. The Hall–Kier alpha value is -2.00. The molecule has 2 heterocycles. The number of benzene rings is 2. The zero-order valence-corrected chi connectivity index (χ0v) is 21.1. The Labute approximate surface area is 208 Å². The number of fused-ring (bicyclic) bond motifs is 1. The molecule has 1 atom stereocenters. The number of aliphatic hydroxyl groups is 1. The van der Waals surface area contributed by atoms with Gasteiger partial charge in [0.25, 0.3) is 0 Å². The van der Waals surface area contributed by atoms with E-state index in [1.54, 1.807) is 0 Å². The van der Waals surface area contributed by atoms with E-state index < -0.39 is 0 Å².